The van der Waals surface area contributed by atoms with Crippen LogP contribution in [0.3, 0.4) is 0 Å². The Hall–Kier alpha value is -5.27. The number of nitrogens with zero attached hydrogens (tertiary/aromatic N) is 5. The molecule has 286 valence electrons. The number of ether oxygens (including phenoxy) is 2. The molecule has 12 nitrogen and oxygen atoms in total. The molecule has 3 N–H and O–H groups in total. The van der Waals surface area contributed by atoms with Gasteiger partial charge in [-0.3, -0.25) is 24.3 Å². The zero-order valence-electron chi connectivity index (χ0n) is 31.2. The van der Waals surface area contributed by atoms with Crippen molar-refractivity contribution in [2.45, 2.75) is 58.8 Å². The highest BCUT2D eigenvalue weighted by Crippen LogP contribution is 2.32. The van der Waals surface area contributed by atoms with E-state index < -0.39 is 35.4 Å². The summed E-state index contributed by atoms with van der Waals surface area (Å²) >= 11 is 6.25. The van der Waals surface area contributed by atoms with Crippen molar-refractivity contribution in [2.75, 3.05) is 45.0 Å². The first-order valence-corrected chi connectivity index (χ1v) is 18.4. The van der Waals surface area contributed by atoms with Gasteiger partial charge in [-0.05, 0) is 68.3 Å². The molecule has 2 atom stereocenters. The van der Waals surface area contributed by atoms with Crippen LogP contribution in [-0.2, 0) is 14.3 Å². The number of fused-ring (bicyclic) bond motifs is 6. The molecule has 0 aliphatic carbocycles. The number of carbonyl (C=O) groups is 3. The summed E-state index contributed by atoms with van der Waals surface area (Å²) in [7, 11) is 0. The Bertz CT molecular complexity index is 2000. The smallest absolute Gasteiger partial charge is 0.320 e. The van der Waals surface area contributed by atoms with Crippen LogP contribution in [0.4, 0.5) is 10.1 Å². The minimum atomic E-state index is -0.859. The van der Waals surface area contributed by atoms with Crippen LogP contribution >= 0.6 is 11.6 Å². The molecule has 1 aromatic heterocycles. The fourth-order valence-corrected chi connectivity index (χ4v) is 6.55. The summed E-state index contributed by atoms with van der Waals surface area (Å²) in [6, 6.07) is 16.2. The summed E-state index contributed by atoms with van der Waals surface area (Å²) in [5.74, 6) is -1.11. The van der Waals surface area contributed by atoms with Gasteiger partial charge in [0.05, 0.1) is 42.1 Å². The van der Waals surface area contributed by atoms with Crippen molar-refractivity contribution >= 4 is 41.3 Å². The summed E-state index contributed by atoms with van der Waals surface area (Å²) in [5.41, 5.74) is 9.41. The number of hydrogen-bond acceptors (Lipinski definition) is 9. The number of carbonyl (C=O) groups excluding carboxylic acids is 3. The number of nitrogens with two attached hydrogens (primary N) is 1. The van der Waals surface area contributed by atoms with Crippen molar-refractivity contribution in [3.63, 3.8) is 0 Å². The number of likely N-dealkylation sites (tertiary alicyclic amines) is 1. The summed E-state index contributed by atoms with van der Waals surface area (Å²) in [4.78, 5) is 48.6. The zero-order valence-corrected chi connectivity index (χ0v) is 32.0. The maximum atomic E-state index is 14.0. The van der Waals surface area contributed by atoms with Gasteiger partial charge in [-0.1, -0.05) is 49.7 Å². The molecule has 0 saturated carbocycles. The van der Waals surface area contributed by atoms with Crippen LogP contribution in [0.5, 0.6) is 5.75 Å². The van der Waals surface area contributed by atoms with E-state index in [1.807, 2.05) is 61.2 Å². The van der Waals surface area contributed by atoms with Crippen LogP contribution in [0, 0.1) is 5.82 Å². The third-order valence-corrected chi connectivity index (χ3v) is 8.97. The van der Waals surface area contributed by atoms with E-state index in [0.717, 1.165) is 22.8 Å². The van der Waals surface area contributed by atoms with Gasteiger partial charge in [0.2, 0.25) is 5.91 Å². The van der Waals surface area contributed by atoms with E-state index in [9.17, 15) is 18.8 Å². The molecule has 2 aliphatic heterocycles. The number of aromatic nitrogens is 2. The number of aliphatic imine (C=N–C) groups is 1. The fourth-order valence-electron chi connectivity index (χ4n) is 6.30. The summed E-state index contributed by atoms with van der Waals surface area (Å²) < 4.78 is 27.1. The molecular weight excluding hydrogens is 713 g/mol. The predicted octanol–water partition coefficient (Wildman–Crippen LogP) is 5.79. The van der Waals surface area contributed by atoms with Crippen LogP contribution in [-0.4, -0.2) is 101 Å². The molecule has 54 heavy (non-hydrogen) atoms. The Kier molecular flexibility index (Phi) is 13.1. The number of anilines is 1. The second-order valence-electron chi connectivity index (χ2n) is 13.7. The van der Waals surface area contributed by atoms with E-state index in [1.54, 1.807) is 27.0 Å². The highest BCUT2D eigenvalue weighted by Gasteiger charge is 2.41. The largest absolute Gasteiger partial charge is 0.488 e. The minimum Gasteiger partial charge on any atom is -0.488 e. The van der Waals surface area contributed by atoms with Crippen molar-refractivity contribution in [2.24, 2.45) is 4.99 Å². The molecule has 4 bridgehead atoms. The maximum Gasteiger partial charge on any atom is 0.320 e. The van der Waals surface area contributed by atoms with Crippen molar-refractivity contribution < 1.29 is 28.2 Å². The zero-order chi connectivity index (χ0) is 39.0. The lowest BCUT2D eigenvalue weighted by molar-refractivity contribution is -0.156. The molecular formula is C40H47ClFN7O5. The first-order chi connectivity index (χ1) is 25.8. The Morgan fingerprint density at radius 1 is 1.09 bits per heavy atom. The average molecular weight is 760 g/mol. The molecule has 2 unspecified atom stereocenters. The second-order valence-corrected chi connectivity index (χ2v) is 14.2. The van der Waals surface area contributed by atoms with E-state index in [0.29, 0.717) is 36.8 Å². The SMILES string of the molecule is CC.CC(C)(C)OC(=O)CN1CCN=Cc2c(N)cccc2-c2cccc(c2)OC2CC(C(=O)NCC1)N(C(=O)c1cnn(-c3ccc(F)cc3Cl)c1)C2. The van der Waals surface area contributed by atoms with Gasteiger partial charge in [-0.2, -0.15) is 5.10 Å². The second kappa shape index (κ2) is 17.7. The Balaban J connectivity index is 0.00000276. The van der Waals surface area contributed by atoms with Gasteiger partial charge in [-0.25, -0.2) is 9.07 Å². The minimum absolute atomic E-state index is 0.000192. The van der Waals surface area contributed by atoms with Crippen LogP contribution in [0.25, 0.3) is 16.8 Å². The molecule has 2 aliphatic rings. The van der Waals surface area contributed by atoms with E-state index in [1.165, 1.54) is 34.1 Å². The van der Waals surface area contributed by atoms with Gasteiger partial charge in [0.25, 0.3) is 5.91 Å². The van der Waals surface area contributed by atoms with Gasteiger partial charge in [-0.15, -0.1) is 0 Å². The third-order valence-electron chi connectivity index (χ3n) is 8.67. The molecule has 0 radical (unpaired) electrons. The summed E-state index contributed by atoms with van der Waals surface area (Å²) in [5, 5.41) is 7.37. The maximum absolute atomic E-state index is 14.0. The number of hydrogen-bond donors (Lipinski definition) is 2. The molecule has 0 spiro atoms. The van der Waals surface area contributed by atoms with Crippen molar-refractivity contribution in [1.29, 1.82) is 0 Å². The van der Waals surface area contributed by atoms with Crippen LogP contribution < -0.4 is 15.8 Å². The first-order valence-electron chi connectivity index (χ1n) is 18.0. The Morgan fingerprint density at radius 2 is 1.87 bits per heavy atom. The topological polar surface area (TPSA) is 144 Å². The van der Waals surface area contributed by atoms with E-state index in [-0.39, 0.29) is 42.5 Å². The van der Waals surface area contributed by atoms with Crippen LogP contribution in [0.1, 0.15) is 57.0 Å². The van der Waals surface area contributed by atoms with Crippen molar-refractivity contribution in [1.82, 2.24) is 24.9 Å². The lowest BCUT2D eigenvalue weighted by Gasteiger charge is -2.26. The number of benzene rings is 3. The number of nitrogens with one attached hydrogen (secondary N) is 1. The number of nitrogen functional groups attached to an aromatic ring is 1. The molecule has 1 fully saturated rings. The van der Waals surface area contributed by atoms with E-state index >= 15 is 0 Å². The van der Waals surface area contributed by atoms with E-state index in [4.69, 9.17) is 26.8 Å². The van der Waals surface area contributed by atoms with Crippen molar-refractivity contribution in [3.8, 4) is 22.6 Å². The van der Waals surface area contributed by atoms with Crippen LogP contribution in [0.15, 0.2) is 78.0 Å². The monoisotopic (exact) mass is 759 g/mol. The van der Waals surface area contributed by atoms with Gasteiger partial charge >= 0.3 is 5.97 Å². The first kappa shape index (κ1) is 39.9. The molecule has 6 rings (SSSR count). The molecule has 3 heterocycles. The molecule has 2 amide bonds. The lowest BCUT2D eigenvalue weighted by atomic mass is 9.98. The Morgan fingerprint density at radius 3 is 2.63 bits per heavy atom. The lowest BCUT2D eigenvalue weighted by Crippen LogP contribution is -2.48. The molecule has 3 aromatic carbocycles. The number of rotatable bonds is 4. The summed E-state index contributed by atoms with van der Waals surface area (Å²) in [6.07, 6.45) is 4.34. The van der Waals surface area contributed by atoms with Gasteiger partial charge < -0.3 is 25.4 Å². The predicted molar refractivity (Wildman–Crippen MR) is 208 cm³/mol. The van der Waals surface area contributed by atoms with Gasteiger partial charge in [0, 0.05) is 49.7 Å². The Labute approximate surface area is 320 Å². The van der Waals surface area contributed by atoms with Gasteiger partial charge in [0.1, 0.15) is 29.3 Å². The van der Waals surface area contributed by atoms with Gasteiger partial charge in [0.15, 0.2) is 0 Å². The standard InChI is InChI=1S/C38H41ClFN7O5.C2H6/c1-38(2,3)52-35(48)23-45-14-12-42-20-30-29(8-5-9-32(30)41)24-6-4-7-27(16-24)51-28-18-34(36(49)43-13-15-45)46(22-28)37(50)25-19-44-47(21-25)33-11-10-26(40)17-31(33)39;1-2/h4-11,16-17,19-21,28,34H,12-15,18,22-23,41H2,1-3H3,(H,43,49);1-2H3. The normalized spacial score (nSPS) is 17.9. The average Bonchev–Trinajstić information content (AvgIpc) is 3.78. The number of amides is 2. The number of halogens is 2. The molecule has 14 heteroatoms. The highest BCUT2D eigenvalue weighted by atomic mass is 35.5. The summed E-state index contributed by atoms with van der Waals surface area (Å²) in [6.45, 7) is 10.9. The molecule has 1 saturated heterocycles. The van der Waals surface area contributed by atoms with Crippen LogP contribution in [0.2, 0.25) is 5.02 Å². The van der Waals surface area contributed by atoms with Crippen molar-refractivity contribution in [3.05, 3.63) is 95.0 Å². The third kappa shape index (κ3) is 10.0. The van der Waals surface area contributed by atoms with E-state index in [2.05, 4.69) is 15.4 Å². The quantitative estimate of drug-likeness (QED) is 0.197. The number of esters is 1. The molecule has 4 aromatic rings. The fraction of sp³-hybridized carbons (Fsp3) is 0.375. The highest BCUT2D eigenvalue weighted by molar-refractivity contribution is 6.32.